The van der Waals surface area contributed by atoms with Gasteiger partial charge >= 0.3 is 6.01 Å². The number of hydrogen-bond acceptors (Lipinski definition) is 4. The van der Waals surface area contributed by atoms with E-state index in [4.69, 9.17) is 4.42 Å². The Morgan fingerprint density at radius 3 is 2.71 bits per heavy atom. The quantitative estimate of drug-likeness (QED) is 0.904. The van der Waals surface area contributed by atoms with Crippen molar-refractivity contribution in [1.82, 2.24) is 4.98 Å². The van der Waals surface area contributed by atoms with Crippen molar-refractivity contribution in [3.63, 3.8) is 0 Å². The zero-order chi connectivity index (χ0) is 14.8. The van der Waals surface area contributed by atoms with Gasteiger partial charge in [0.25, 0.3) is 5.91 Å². The van der Waals surface area contributed by atoms with Crippen molar-refractivity contribution < 1.29 is 14.0 Å². The summed E-state index contributed by atoms with van der Waals surface area (Å²) >= 11 is 0. The second-order valence-corrected chi connectivity index (χ2v) is 5.07. The second kappa shape index (κ2) is 5.40. The van der Waals surface area contributed by atoms with Crippen LogP contribution in [0.1, 0.15) is 28.9 Å². The van der Waals surface area contributed by atoms with Gasteiger partial charge in [-0.15, -0.1) is 0 Å². The molecule has 1 heterocycles. The van der Waals surface area contributed by atoms with Gasteiger partial charge < -0.3 is 9.73 Å². The Morgan fingerprint density at radius 1 is 1.24 bits per heavy atom. The number of aromatic nitrogens is 1. The smallest absolute Gasteiger partial charge is 0.302 e. The average Bonchev–Trinajstić information content (AvgIpc) is 3.22. The zero-order valence-corrected chi connectivity index (χ0v) is 11.6. The molecule has 0 unspecified atom stereocenters. The van der Waals surface area contributed by atoms with Crippen LogP contribution in [0.2, 0.25) is 0 Å². The van der Waals surface area contributed by atoms with E-state index in [1.165, 1.54) is 6.26 Å². The van der Waals surface area contributed by atoms with Gasteiger partial charge in [-0.3, -0.25) is 14.9 Å². The Morgan fingerprint density at radius 2 is 2.00 bits per heavy atom. The van der Waals surface area contributed by atoms with Crippen molar-refractivity contribution in [2.75, 3.05) is 10.6 Å². The molecule has 6 nitrogen and oxygen atoms in total. The molecule has 2 amide bonds. The molecule has 21 heavy (non-hydrogen) atoms. The van der Waals surface area contributed by atoms with Crippen molar-refractivity contribution in [2.45, 2.75) is 19.8 Å². The standard InChI is InChI=1S/C15H15N3O3/c1-9-4-2-3-5-11(9)16-14(20)12-8-21-15(17-12)18-13(19)10-6-7-10/h2-5,8,10H,6-7H2,1H3,(H,16,20)(H,17,18,19). The molecule has 3 rings (SSSR count). The number of carbonyl (C=O) groups excluding carboxylic acids is 2. The fraction of sp³-hybridized carbons (Fsp3) is 0.267. The van der Waals surface area contributed by atoms with Crippen LogP contribution in [0.3, 0.4) is 0 Å². The molecule has 0 aliphatic heterocycles. The number of carbonyl (C=O) groups is 2. The lowest BCUT2D eigenvalue weighted by Crippen LogP contribution is -2.15. The number of aryl methyl sites for hydroxylation is 1. The van der Waals surface area contributed by atoms with Crippen LogP contribution in [-0.2, 0) is 4.79 Å². The third-order valence-corrected chi connectivity index (χ3v) is 3.31. The third kappa shape index (κ3) is 3.10. The SMILES string of the molecule is Cc1ccccc1NC(=O)c1coc(NC(=O)C2CC2)n1. The summed E-state index contributed by atoms with van der Waals surface area (Å²) in [5, 5.41) is 5.31. The number of rotatable bonds is 4. The highest BCUT2D eigenvalue weighted by Crippen LogP contribution is 2.30. The van der Waals surface area contributed by atoms with Crippen molar-refractivity contribution >= 4 is 23.5 Å². The summed E-state index contributed by atoms with van der Waals surface area (Å²) in [5.74, 6) is -0.427. The van der Waals surface area contributed by atoms with Crippen LogP contribution in [-0.4, -0.2) is 16.8 Å². The minimum absolute atomic E-state index is 0.0566. The Hall–Kier alpha value is -2.63. The van der Waals surface area contributed by atoms with Gasteiger partial charge in [-0.2, -0.15) is 4.98 Å². The molecule has 1 saturated carbocycles. The summed E-state index contributed by atoms with van der Waals surface area (Å²) < 4.78 is 5.10. The molecular weight excluding hydrogens is 270 g/mol. The Labute approximate surface area is 121 Å². The minimum Gasteiger partial charge on any atom is -0.431 e. The lowest BCUT2D eigenvalue weighted by molar-refractivity contribution is -0.117. The number of para-hydroxylation sites is 1. The van der Waals surface area contributed by atoms with Crippen molar-refractivity contribution in [3.05, 3.63) is 41.8 Å². The first kappa shape index (κ1) is 13.4. The van der Waals surface area contributed by atoms with Gasteiger partial charge in [0, 0.05) is 11.6 Å². The van der Waals surface area contributed by atoms with E-state index >= 15 is 0 Å². The van der Waals surface area contributed by atoms with E-state index in [2.05, 4.69) is 15.6 Å². The molecule has 1 aromatic carbocycles. The first-order chi connectivity index (χ1) is 10.1. The number of nitrogens with zero attached hydrogens (tertiary/aromatic N) is 1. The highest BCUT2D eigenvalue weighted by molar-refractivity contribution is 6.03. The van der Waals surface area contributed by atoms with Crippen LogP contribution in [0.5, 0.6) is 0 Å². The molecule has 2 aromatic rings. The molecule has 0 saturated heterocycles. The van der Waals surface area contributed by atoms with Gasteiger partial charge in [0.1, 0.15) is 6.26 Å². The molecule has 1 aliphatic rings. The van der Waals surface area contributed by atoms with Crippen molar-refractivity contribution in [2.24, 2.45) is 5.92 Å². The Kier molecular flexibility index (Phi) is 3.43. The second-order valence-electron chi connectivity index (χ2n) is 5.07. The normalized spacial score (nSPS) is 13.8. The first-order valence-electron chi connectivity index (χ1n) is 6.77. The summed E-state index contributed by atoms with van der Waals surface area (Å²) in [6, 6.07) is 7.50. The van der Waals surface area contributed by atoms with Gasteiger partial charge in [0.05, 0.1) is 0 Å². The molecule has 2 N–H and O–H groups in total. The van der Waals surface area contributed by atoms with Crippen LogP contribution >= 0.6 is 0 Å². The number of oxazole rings is 1. The highest BCUT2D eigenvalue weighted by Gasteiger charge is 2.30. The van der Waals surface area contributed by atoms with Crippen LogP contribution in [0.15, 0.2) is 34.9 Å². The topological polar surface area (TPSA) is 84.2 Å². The molecule has 0 bridgehead atoms. The molecule has 1 aromatic heterocycles. The van der Waals surface area contributed by atoms with E-state index in [0.29, 0.717) is 5.69 Å². The average molecular weight is 285 g/mol. The van der Waals surface area contributed by atoms with Crippen LogP contribution in [0.25, 0.3) is 0 Å². The maximum atomic E-state index is 12.1. The minimum atomic E-state index is -0.375. The molecule has 0 radical (unpaired) electrons. The van der Waals surface area contributed by atoms with Gasteiger partial charge in [-0.05, 0) is 31.4 Å². The third-order valence-electron chi connectivity index (χ3n) is 3.31. The van der Waals surface area contributed by atoms with E-state index < -0.39 is 0 Å². The van der Waals surface area contributed by atoms with Gasteiger partial charge in [0.15, 0.2) is 5.69 Å². The fourth-order valence-corrected chi connectivity index (χ4v) is 1.89. The molecule has 0 atom stereocenters. The summed E-state index contributed by atoms with van der Waals surface area (Å²) in [5.41, 5.74) is 1.80. The fourth-order valence-electron chi connectivity index (χ4n) is 1.89. The Balaban J connectivity index is 1.66. The number of anilines is 2. The molecular formula is C15H15N3O3. The van der Waals surface area contributed by atoms with Crippen LogP contribution in [0.4, 0.5) is 11.7 Å². The van der Waals surface area contributed by atoms with Crippen molar-refractivity contribution in [3.8, 4) is 0 Å². The summed E-state index contributed by atoms with van der Waals surface area (Å²) in [6.45, 7) is 1.90. The lowest BCUT2D eigenvalue weighted by atomic mass is 10.2. The largest absolute Gasteiger partial charge is 0.431 e. The monoisotopic (exact) mass is 285 g/mol. The van der Waals surface area contributed by atoms with Crippen molar-refractivity contribution in [1.29, 1.82) is 0 Å². The lowest BCUT2D eigenvalue weighted by Gasteiger charge is -2.05. The molecule has 6 heteroatoms. The summed E-state index contributed by atoms with van der Waals surface area (Å²) in [6.07, 6.45) is 3.02. The number of hydrogen-bond donors (Lipinski definition) is 2. The van der Waals surface area contributed by atoms with Crippen LogP contribution < -0.4 is 10.6 Å². The molecule has 1 fully saturated rings. The summed E-state index contributed by atoms with van der Waals surface area (Å²) in [7, 11) is 0. The van der Waals surface area contributed by atoms with E-state index in [-0.39, 0.29) is 29.4 Å². The molecule has 0 spiro atoms. The van der Waals surface area contributed by atoms with E-state index in [1.807, 2.05) is 31.2 Å². The summed E-state index contributed by atoms with van der Waals surface area (Å²) in [4.78, 5) is 27.6. The van der Waals surface area contributed by atoms with Gasteiger partial charge in [-0.1, -0.05) is 18.2 Å². The van der Waals surface area contributed by atoms with E-state index in [0.717, 1.165) is 18.4 Å². The van der Waals surface area contributed by atoms with Gasteiger partial charge in [-0.25, -0.2) is 0 Å². The maximum absolute atomic E-state index is 12.1. The zero-order valence-electron chi connectivity index (χ0n) is 11.6. The van der Waals surface area contributed by atoms with E-state index in [1.54, 1.807) is 0 Å². The predicted molar refractivity (Wildman–Crippen MR) is 77.0 cm³/mol. The Bertz CT molecular complexity index is 689. The predicted octanol–water partition coefficient (Wildman–Crippen LogP) is 2.58. The number of amides is 2. The first-order valence-corrected chi connectivity index (χ1v) is 6.77. The molecule has 108 valence electrons. The van der Waals surface area contributed by atoms with Gasteiger partial charge in [0.2, 0.25) is 5.91 Å². The van der Waals surface area contributed by atoms with E-state index in [9.17, 15) is 9.59 Å². The van der Waals surface area contributed by atoms with Crippen LogP contribution in [0, 0.1) is 12.8 Å². The highest BCUT2D eigenvalue weighted by atomic mass is 16.4. The number of benzene rings is 1. The number of nitrogens with one attached hydrogen (secondary N) is 2. The maximum Gasteiger partial charge on any atom is 0.302 e. The molecule has 1 aliphatic carbocycles.